The van der Waals surface area contributed by atoms with E-state index < -0.39 is 0 Å². The summed E-state index contributed by atoms with van der Waals surface area (Å²) in [5.41, 5.74) is 3.10. The first kappa shape index (κ1) is 15.2. The molecule has 0 unspecified atom stereocenters. The lowest BCUT2D eigenvalue weighted by Crippen LogP contribution is -2.32. The number of fused-ring (bicyclic) bond motifs is 1. The molecule has 118 valence electrons. The zero-order chi connectivity index (χ0) is 15.7. The number of hydrogen-bond acceptors (Lipinski definition) is 4. The number of rotatable bonds is 2. The Hall–Kier alpha value is -1.72. The summed E-state index contributed by atoms with van der Waals surface area (Å²) < 4.78 is 7.36. The Kier molecular flexibility index (Phi) is 4.27. The van der Waals surface area contributed by atoms with Gasteiger partial charge in [-0.25, -0.2) is 4.98 Å². The average Bonchev–Trinajstić information content (AvgIpc) is 2.70. The Morgan fingerprint density at radius 2 is 2.18 bits per heavy atom. The topological polar surface area (TPSA) is 47.4 Å². The van der Waals surface area contributed by atoms with Crippen LogP contribution >= 0.6 is 0 Å². The summed E-state index contributed by atoms with van der Waals surface area (Å²) in [5.74, 6) is 0.316. The van der Waals surface area contributed by atoms with Gasteiger partial charge in [-0.05, 0) is 38.1 Å². The molecule has 0 radical (unpaired) electrons. The Morgan fingerprint density at radius 3 is 3.00 bits per heavy atom. The molecule has 1 aliphatic rings. The average molecular weight is 301 g/mol. The minimum Gasteiger partial charge on any atom is -0.380 e. The molecule has 1 aliphatic heterocycles. The van der Waals surface area contributed by atoms with E-state index in [1.807, 2.05) is 26.0 Å². The standard InChI is InChI=1S/C17H23N3O2/c1-12-4-5-15-16(13(12)2)18-11-20(17(15)21)9-14-8-19(3)6-7-22-10-14/h4-5,11,14H,6-10H2,1-3H3/t14-/m0/s1. The van der Waals surface area contributed by atoms with E-state index >= 15 is 0 Å². The lowest BCUT2D eigenvalue weighted by Gasteiger charge is -2.19. The molecule has 0 spiro atoms. The molecule has 0 amide bonds. The van der Waals surface area contributed by atoms with Gasteiger partial charge >= 0.3 is 0 Å². The molecule has 0 N–H and O–H groups in total. The quantitative estimate of drug-likeness (QED) is 0.845. The summed E-state index contributed by atoms with van der Waals surface area (Å²) in [5, 5.41) is 0.702. The maximum absolute atomic E-state index is 12.7. The molecule has 2 heterocycles. The number of likely N-dealkylation sites (N-methyl/N-ethyl adjacent to an activating group) is 1. The molecule has 5 nitrogen and oxygen atoms in total. The molecule has 5 heteroatoms. The van der Waals surface area contributed by atoms with Gasteiger partial charge in [0.1, 0.15) is 0 Å². The Labute approximate surface area is 130 Å². The molecular weight excluding hydrogens is 278 g/mol. The smallest absolute Gasteiger partial charge is 0.261 e. The van der Waals surface area contributed by atoms with Gasteiger partial charge in [0.15, 0.2) is 0 Å². The van der Waals surface area contributed by atoms with E-state index in [-0.39, 0.29) is 5.56 Å². The fraction of sp³-hybridized carbons (Fsp3) is 0.529. The molecule has 0 aliphatic carbocycles. The second kappa shape index (κ2) is 6.18. The van der Waals surface area contributed by atoms with E-state index in [0.29, 0.717) is 24.5 Å². The van der Waals surface area contributed by atoms with Crippen LogP contribution in [-0.2, 0) is 11.3 Å². The lowest BCUT2D eigenvalue weighted by atomic mass is 10.1. The number of hydrogen-bond donors (Lipinski definition) is 0. The fourth-order valence-electron chi connectivity index (χ4n) is 3.05. The van der Waals surface area contributed by atoms with Crippen molar-refractivity contribution in [2.75, 3.05) is 33.4 Å². The maximum Gasteiger partial charge on any atom is 0.261 e. The minimum atomic E-state index is 0.0417. The highest BCUT2D eigenvalue weighted by Gasteiger charge is 2.18. The predicted molar refractivity (Wildman–Crippen MR) is 87.3 cm³/mol. The van der Waals surface area contributed by atoms with Crippen LogP contribution in [-0.4, -0.2) is 47.8 Å². The molecule has 1 saturated heterocycles. The van der Waals surface area contributed by atoms with Crippen LogP contribution in [0.4, 0.5) is 0 Å². The van der Waals surface area contributed by atoms with Crippen molar-refractivity contribution in [3.8, 4) is 0 Å². The third kappa shape index (κ3) is 2.91. The monoisotopic (exact) mass is 301 g/mol. The summed E-state index contributed by atoms with van der Waals surface area (Å²) in [4.78, 5) is 19.5. The van der Waals surface area contributed by atoms with Gasteiger partial charge in [0.05, 0.1) is 30.4 Å². The van der Waals surface area contributed by atoms with E-state index in [1.54, 1.807) is 10.9 Å². The first-order valence-electron chi connectivity index (χ1n) is 7.78. The summed E-state index contributed by atoms with van der Waals surface area (Å²) in [6.07, 6.45) is 1.68. The zero-order valence-electron chi connectivity index (χ0n) is 13.5. The van der Waals surface area contributed by atoms with Gasteiger partial charge in [-0.15, -0.1) is 0 Å². The summed E-state index contributed by atoms with van der Waals surface area (Å²) in [6, 6.07) is 3.88. The van der Waals surface area contributed by atoms with E-state index in [2.05, 4.69) is 16.9 Å². The van der Waals surface area contributed by atoms with Gasteiger partial charge in [-0.2, -0.15) is 0 Å². The highest BCUT2D eigenvalue weighted by Crippen LogP contribution is 2.16. The van der Waals surface area contributed by atoms with Crippen LogP contribution in [0.5, 0.6) is 0 Å². The molecule has 3 rings (SSSR count). The molecule has 0 bridgehead atoms. The van der Waals surface area contributed by atoms with Crippen molar-refractivity contribution in [1.82, 2.24) is 14.5 Å². The normalized spacial score (nSPS) is 20.2. The van der Waals surface area contributed by atoms with Crippen LogP contribution in [0.2, 0.25) is 0 Å². The van der Waals surface area contributed by atoms with Gasteiger partial charge in [-0.1, -0.05) is 6.07 Å². The van der Waals surface area contributed by atoms with Crippen molar-refractivity contribution >= 4 is 10.9 Å². The molecule has 22 heavy (non-hydrogen) atoms. The fourth-order valence-corrected chi connectivity index (χ4v) is 3.05. The SMILES string of the molecule is Cc1ccc2c(=O)n(C[C@H]3COCCN(C)C3)cnc2c1C. The molecule has 1 aromatic carbocycles. The lowest BCUT2D eigenvalue weighted by molar-refractivity contribution is 0.117. The number of nitrogens with zero attached hydrogens (tertiary/aromatic N) is 3. The van der Waals surface area contributed by atoms with E-state index in [4.69, 9.17) is 4.74 Å². The first-order chi connectivity index (χ1) is 10.6. The third-order valence-electron chi connectivity index (χ3n) is 4.51. The van der Waals surface area contributed by atoms with Crippen LogP contribution in [0, 0.1) is 19.8 Å². The Balaban J connectivity index is 1.93. The molecule has 2 aromatic rings. The summed E-state index contributed by atoms with van der Waals surface area (Å²) >= 11 is 0. The van der Waals surface area contributed by atoms with E-state index in [1.165, 1.54) is 0 Å². The Bertz CT molecular complexity index is 738. The highest BCUT2D eigenvalue weighted by atomic mass is 16.5. The molecule has 1 aromatic heterocycles. The predicted octanol–water partition coefficient (Wildman–Crippen LogP) is 1.59. The van der Waals surface area contributed by atoms with Crippen molar-refractivity contribution in [3.63, 3.8) is 0 Å². The van der Waals surface area contributed by atoms with Crippen molar-refractivity contribution in [2.24, 2.45) is 5.92 Å². The van der Waals surface area contributed by atoms with Crippen molar-refractivity contribution < 1.29 is 4.74 Å². The zero-order valence-corrected chi connectivity index (χ0v) is 13.5. The first-order valence-corrected chi connectivity index (χ1v) is 7.78. The molecular formula is C17H23N3O2. The van der Waals surface area contributed by atoms with Crippen LogP contribution in [0.1, 0.15) is 11.1 Å². The van der Waals surface area contributed by atoms with E-state index in [9.17, 15) is 4.79 Å². The largest absolute Gasteiger partial charge is 0.380 e. The van der Waals surface area contributed by atoms with Crippen LogP contribution in [0.15, 0.2) is 23.3 Å². The molecule has 1 atom stereocenters. The van der Waals surface area contributed by atoms with Gasteiger partial charge in [0.2, 0.25) is 0 Å². The minimum absolute atomic E-state index is 0.0417. The second-order valence-corrected chi connectivity index (χ2v) is 6.31. The summed E-state index contributed by atoms with van der Waals surface area (Å²) in [6.45, 7) is 8.05. The van der Waals surface area contributed by atoms with Gasteiger partial charge in [0, 0.05) is 25.6 Å². The van der Waals surface area contributed by atoms with Crippen LogP contribution in [0.3, 0.4) is 0 Å². The number of benzene rings is 1. The van der Waals surface area contributed by atoms with E-state index in [0.717, 1.165) is 36.3 Å². The Morgan fingerprint density at radius 1 is 1.36 bits per heavy atom. The van der Waals surface area contributed by atoms with Crippen molar-refractivity contribution in [2.45, 2.75) is 20.4 Å². The highest BCUT2D eigenvalue weighted by molar-refractivity contribution is 5.81. The van der Waals surface area contributed by atoms with Crippen molar-refractivity contribution in [3.05, 3.63) is 39.9 Å². The van der Waals surface area contributed by atoms with Gasteiger partial charge in [0.25, 0.3) is 5.56 Å². The van der Waals surface area contributed by atoms with Crippen LogP contribution < -0.4 is 5.56 Å². The number of aryl methyl sites for hydroxylation is 2. The van der Waals surface area contributed by atoms with Gasteiger partial charge < -0.3 is 9.64 Å². The maximum atomic E-state index is 12.7. The second-order valence-electron chi connectivity index (χ2n) is 6.31. The van der Waals surface area contributed by atoms with Gasteiger partial charge in [-0.3, -0.25) is 9.36 Å². The van der Waals surface area contributed by atoms with Crippen LogP contribution in [0.25, 0.3) is 10.9 Å². The van der Waals surface area contributed by atoms with Crippen molar-refractivity contribution in [1.29, 1.82) is 0 Å². The number of aromatic nitrogens is 2. The molecule has 0 saturated carbocycles. The molecule has 1 fully saturated rings. The summed E-state index contributed by atoms with van der Waals surface area (Å²) in [7, 11) is 2.09. The number of ether oxygens (including phenoxy) is 1. The third-order valence-corrected chi connectivity index (χ3v) is 4.51.